The number of aromatic nitrogens is 2. The van der Waals surface area contributed by atoms with Gasteiger partial charge in [0.2, 0.25) is 0 Å². The van der Waals surface area contributed by atoms with Crippen LogP contribution in [0.25, 0.3) is 16.7 Å². The highest BCUT2D eigenvalue weighted by Crippen LogP contribution is 2.24. The summed E-state index contributed by atoms with van der Waals surface area (Å²) in [5.74, 6) is 0. The second-order valence-electron chi connectivity index (χ2n) is 5.70. The van der Waals surface area contributed by atoms with Gasteiger partial charge in [-0.05, 0) is 74.2 Å². The Morgan fingerprint density at radius 3 is 2.48 bits per heavy atom. The molecule has 0 aliphatic carbocycles. The topological polar surface area (TPSA) is 43.8 Å². The largest absolute Gasteiger partial charge is 0.330 e. The van der Waals surface area contributed by atoms with Crippen molar-refractivity contribution in [2.45, 2.75) is 27.2 Å². The molecule has 21 heavy (non-hydrogen) atoms. The van der Waals surface area contributed by atoms with Crippen molar-refractivity contribution in [1.82, 2.24) is 9.55 Å². The van der Waals surface area contributed by atoms with Crippen LogP contribution in [0.15, 0.2) is 36.7 Å². The molecule has 3 rings (SSSR count). The standard InChI is InChI=1S/C18H21N3/c1-12-9-16-18(10-13(12)2)21(11-20-16)17-5-4-15(6-7-19)8-14(17)3/h4-5,8-11H,6-7,19H2,1-3H3. The zero-order valence-electron chi connectivity index (χ0n) is 12.9. The van der Waals surface area contributed by atoms with Crippen molar-refractivity contribution in [3.63, 3.8) is 0 Å². The normalized spacial score (nSPS) is 11.2. The van der Waals surface area contributed by atoms with Gasteiger partial charge >= 0.3 is 0 Å². The molecule has 3 heteroatoms. The average Bonchev–Trinajstić information content (AvgIpc) is 2.83. The summed E-state index contributed by atoms with van der Waals surface area (Å²) in [5, 5.41) is 0. The highest BCUT2D eigenvalue weighted by Gasteiger charge is 2.09. The molecule has 0 aliphatic rings. The van der Waals surface area contributed by atoms with E-state index in [4.69, 9.17) is 5.73 Å². The number of hydrogen-bond donors (Lipinski definition) is 1. The van der Waals surface area contributed by atoms with E-state index in [-0.39, 0.29) is 0 Å². The maximum absolute atomic E-state index is 5.63. The van der Waals surface area contributed by atoms with Gasteiger partial charge in [-0.3, -0.25) is 4.57 Å². The maximum Gasteiger partial charge on any atom is 0.100 e. The van der Waals surface area contributed by atoms with E-state index >= 15 is 0 Å². The minimum absolute atomic E-state index is 0.686. The average molecular weight is 279 g/mol. The highest BCUT2D eigenvalue weighted by atomic mass is 15.0. The van der Waals surface area contributed by atoms with Crippen molar-refractivity contribution in [2.24, 2.45) is 5.73 Å². The minimum Gasteiger partial charge on any atom is -0.330 e. The molecule has 0 spiro atoms. The highest BCUT2D eigenvalue weighted by molar-refractivity contribution is 5.79. The molecule has 2 aromatic carbocycles. The van der Waals surface area contributed by atoms with Gasteiger partial charge in [-0.2, -0.15) is 0 Å². The van der Waals surface area contributed by atoms with E-state index in [2.05, 4.69) is 60.7 Å². The Morgan fingerprint density at radius 2 is 1.76 bits per heavy atom. The van der Waals surface area contributed by atoms with Gasteiger partial charge < -0.3 is 5.73 Å². The van der Waals surface area contributed by atoms with E-state index in [1.807, 2.05) is 6.33 Å². The molecule has 1 heterocycles. The number of benzene rings is 2. The molecule has 108 valence electrons. The van der Waals surface area contributed by atoms with E-state index in [1.165, 1.54) is 27.9 Å². The summed E-state index contributed by atoms with van der Waals surface area (Å²) in [6.45, 7) is 7.09. The molecule has 0 saturated carbocycles. The third kappa shape index (κ3) is 2.45. The van der Waals surface area contributed by atoms with Crippen LogP contribution in [0, 0.1) is 20.8 Å². The summed E-state index contributed by atoms with van der Waals surface area (Å²) in [6.07, 6.45) is 2.83. The van der Waals surface area contributed by atoms with Crippen LogP contribution < -0.4 is 5.73 Å². The summed E-state index contributed by atoms with van der Waals surface area (Å²) in [7, 11) is 0. The zero-order chi connectivity index (χ0) is 15.0. The molecular weight excluding hydrogens is 258 g/mol. The lowest BCUT2D eigenvalue weighted by Crippen LogP contribution is -2.04. The molecule has 1 aromatic heterocycles. The van der Waals surface area contributed by atoms with E-state index < -0.39 is 0 Å². The van der Waals surface area contributed by atoms with Crippen molar-refractivity contribution in [3.8, 4) is 5.69 Å². The second-order valence-corrected chi connectivity index (χ2v) is 5.70. The summed E-state index contributed by atoms with van der Waals surface area (Å²) in [6, 6.07) is 10.9. The van der Waals surface area contributed by atoms with Gasteiger partial charge in [0.05, 0.1) is 16.7 Å². The SMILES string of the molecule is Cc1cc2ncn(-c3ccc(CCN)cc3C)c2cc1C. The van der Waals surface area contributed by atoms with E-state index in [9.17, 15) is 0 Å². The number of rotatable bonds is 3. The molecule has 0 fully saturated rings. The van der Waals surface area contributed by atoms with Crippen molar-refractivity contribution in [3.05, 3.63) is 58.9 Å². The Balaban J connectivity index is 2.14. The lowest BCUT2D eigenvalue weighted by Gasteiger charge is -2.11. The number of imidazole rings is 1. The van der Waals surface area contributed by atoms with Crippen LogP contribution in [0.2, 0.25) is 0 Å². The lowest BCUT2D eigenvalue weighted by atomic mass is 10.1. The molecule has 0 unspecified atom stereocenters. The fourth-order valence-electron chi connectivity index (χ4n) is 2.77. The quantitative estimate of drug-likeness (QED) is 0.798. The first-order chi connectivity index (χ1) is 10.1. The van der Waals surface area contributed by atoms with Gasteiger partial charge in [-0.15, -0.1) is 0 Å². The number of fused-ring (bicyclic) bond motifs is 1. The molecule has 3 aromatic rings. The summed E-state index contributed by atoms with van der Waals surface area (Å²) in [5.41, 5.74) is 14.1. The number of nitrogens with two attached hydrogens (primary N) is 1. The summed E-state index contributed by atoms with van der Waals surface area (Å²) < 4.78 is 2.17. The summed E-state index contributed by atoms with van der Waals surface area (Å²) >= 11 is 0. The number of nitrogens with zero attached hydrogens (tertiary/aromatic N) is 2. The fraction of sp³-hybridized carbons (Fsp3) is 0.278. The first kappa shape index (κ1) is 13.8. The third-order valence-electron chi connectivity index (χ3n) is 4.12. The molecule has 0 amide bonds. The minimum atomic E-state index is 0.686. The van der Waals surface area contributed by atoms with Crippen LogP contribution in [0.3, 0.4) is 0 Å². The van der Waals surface area contributed by atoms with Crippen molar-refractivity contribution < 1.29 is 0 Å². The van der Waals surface area contributed by atoms with Gasteiger partial charge in [-0.1, -0.05) is 12.1 Å². The van der Waals surface area contributed by atoms with Crippen LogP contribution in [0.1, 0.15) is 22.3 Å². The van der Waals surface area contributed by atoms with E-state index in [0.717, 1.165) is 17.5 Å². The molecule has 0 saturated heterocycles. The predicted octanol–water partition coefficient (Wildman–Crippen LogP) is 3.45. The molecule has 2 N–H and O–H groups in total. The van der Waals surface area contributed by atoms with Crippen LogP contribution in [0.5, 0.6) is 0 Å². The second kappa shape index (κ2) is 5.34. The zero-order valence-corrected chi connectivity index (χ0v) is 12.9. The first-order valence-electron chi connectivity index (χ1n) is 7.34. The van der Waals surface area contributed by atoms with Crippen LogP contribution in [0.4, 0.5) is 0 Å². The molecule has 0 aliphatic heterocycles. The van der Waals surface area contributed by atoms with Crippen molar-refractivity contribution in [2.75, 3.05) is 6.54 Å². The van der Waals surface area contributed by atoms with E-state index in [0.29, 0.717) is 6.54 Å². The van der Waals surface area contributed by atoms with Crippen LogP contribution in [-0.4, -0.2) is 16.1 Å². The summed E-state index contributed by atoms with van der Waals surface area (Å²) in [4.78, 5) is 4.54. The van der Waals surface area contributed by atoms with Crippen molar-refractivity contribution >= 4 is 11.0 Å². The molecule has 0 radical (unpaired) electrons. The fourth-order valence-corrected chi connectivity index (χ4v) is 2.77. The van der Waals surface area contributed by atoms with Gasteiger partial charge in [0.15, 0.2) is 0 Å². The Bertz CT molecular complexity index is 800. The van der Waals surface area contributed by atoms with Gasteiger partial charge in [0, 0.05) is 0 Å². The third-order valence-corrected chi connectivity index (χ3v) is 4.12. The molecular formula is C18H21N3. The number of aryl methyl sites for hydroxylation is 3. The van der Waals surface area contributed by atoms with E-state index in [1.54, 1.807) is 0 Å². The molecule has 0 bridgehead atoms. The Hall–Kier alpha value is -2.13. The first-order valence-corrected chi connectivity index (χ1v) is 7.34. The Kier molecular flexibility index (Phi) is 3.52. The van der Waals surface area contributed by atoms with Gasteiger partial charge in [-0.25, -0.2) is 4.98 Å². The molecule has 3 nitrogen and oxygen atoms in total. The van der Waals surface area contributed by atoms with Gasteiger partial charge in [0.1, 0.15) is 6.33 Å². The Labute approximate surface area is 125 Å². The van der Waals surface area contributed by atoms with Crippen molar-refractivity contribution in [1.29, 1.82) is 0 Å². The lowest BCUT2D eigenvalue weighted by molar-refractivity contribution is 0.962. The maximum atomic E-state index is 5.63. The smallest absolute Gasteiger partial charge is 0.100 e. The van der Waals surface area contributed by atoms with Gasteiger partial charge in [0.25, 0.3) is 0 Å². The predicted molar refractivity (Wildman–Crippen MR) is 88.0 cm³/mol. The monoisotopic (exact) mass is 279 g/mol. The Morgan fingerprint density at radius 1 is 1.00 bits per heavy atom. The molecule has 0 atom stereocenters. The number of hydrogen-bond acceptors (Lipinski definition) is 2. The van der Waals surface area contributed by atoms with Crippen LogP contribution in [-0.2, 0) is 6.42 Å². The van der Waals surface area contributed by atoms with Crippen LogP contribution >= 0.6 is 0 Å².